The van der Waals surface area contributed by atoms with Gasteiger partial charge in [0, 0.05) is 39.3 Å². The molecular formula is C20H20FN5O3. The van der Waals surface area contributed by atoms with Crippen LogP contribution in [0.4, 0.5) is 15.9 Å². The fraction of sp³-hybridized carbons (Fsp3) is 0.250. The Balaban J connectivity index is 1.40. The molecule has 1 aliphatic heterocycles. The van der Waals surface area contributed by atoms with Crippen LogP contribution in [0.3, 0.4) is 0 Å². The molecule has 29 heavy (non-hydrogen) atoms. The maximum atomic E-state index is 14.0. The highest BCUT2D eigenvalue weighted by molar-refractivity contribution is 6.02. The van der Waals surface area contributed by atoms with Crippen molar-refractivity contribution in [2.24, 2.45) is 7.05 Å². The predicted octanol–water partition coefficient (Wildman–Crippen LogP) is 2.37. The molecule has 9 heteroatoms. The lowest BCUT2D eigenvalue weighted by Gasteiger charge is -2.35. The van der Waals surface area contributed by atoms with E-state index >= 15 is 0 Å². The minimum absolute atomic E-state index is 0.170. The van der Waals surface area contributed by atoms with Crippen molar-refractivity contribution >= 4 is 23.3 Å². The van der Waals surface area contributed by atoms with Crippen LogP contribution in [0.15, 0.2) is 53.1 Å². The molecule has 0 saturated carbocycles. The summed E-state index contributed by atoms with van der Waals surface area (Å²) in [7, 11) is 1.64. The average Bonchev–Trinajstić information content (AvgIpc) is 3.39. The van der Waals surface area contributed by atoms with E-state index in [0.29, 0.717) is 37.7 Å². The number of nitrogens with zero attached hydrogens (tertiary/aromatic N) is 4. The number of para-hydroxylation sites is 1. The van der Waals surface area contributed by atoms with Gasteiger partial charge < -0.3 is 19.5 Å². The number of anilines is 2. The van der Waals surface area contributed by atoms with E-state index in [0.717, 1.165) is 0 Å². The predicted molar refractivity (Wildman–Crippen MR) is 104 cm³/mol. The maximum absolute atomic E-state index is 14.0. The van der Waals surface area contributed by atoms with Gasteiger partial charge in [-0.3, -0.25) is 14.3 Å². The van der Waals surface area contributed by atoms with Crippen molar-refractivity contribution in [3.8, 4) is 0 Å². The van der Waals surface area contributed by atoms with Crippen molar-refractivity contribution in [3.05, 3.63) is 66.0 Å². The highest BCUT2D eigenvalue weighted by Gasteiger charge is 2.26. The van der Waals surface area contributed by atoms with Crippen LogP contribution in [0.5, 0.6) is 0 Å². The van der Waals surface area contributed by atoms with Crippen LogP contribution in [-0.2, 0) is 7.05 Å². The summed E-state index contributed by atoms with van der Waals surface area (Å²) in [5.41, 5.74) is 0.780. The number of benzene rings is 1. The summed E-state index contributed by atoms with van der Waals surface area (Å²) in [6.07, 6.45) is 1.41. The molecule has 0 aliphatic carbocycles. The van der Waals surface area contributed by atoms with Crippen LogP contribution < -0.4 is 10.2 Å². The van der Waals surface area contributed by atoms with E-state index in [4.69, 9.17) is 4.42 Å². The van der Waals surface area contributed by atoms with Gasteiger partial charge in [0.05, 0.1) is 12.0 Å². The third kappa shape index (κ3) is 3.84. The Kier molecular flexibility index (Phi) is 5.03. The number of aromatic nitrogens is 2. The molecule has 0 bridgehead atoms. The van der Waals surface area contributed by atoms with Crippen LogP contribution in [0.1, 0.15) is 21.0 Å². The van der Waals surface area contributed by atoms with Gasteiger partial charge in [-0.05, 0) is 24.3 Å². The number of hydrogen-bond donors (Lipinski definition) is 1. The fourth-order valence-corrected chi connectivity index (χ4v) is 3.30. The Morgan fingerprint density at radius 3 is 2.55 bits per heavy atom. The van der Waals surface area contributed by atoms with Gasteiger partial charge in [-0.15, -0.1) is 0 Å². The molecule has 1 aromatic carbocycles. The number of furan rings is 1. The number of halogens is 1. The van der Waals surface area contributed by atoms with Crippen molar-refractivity contribution in [1.29, 1.82) is 0 Å². The van der Waals surface area contributed by atoms with Crippen molar-refractivity contribution in [2.45, 2.75) is 0 Å². The molecule has 2 aromatic heterocycles. The highest BCUT2D eigenvalue weighted by Crippen LogP contribution is 2.21. The van der Waals surface area contributed by atoms with Gasteiger partial charge in [-0.2, -0.15) is 5.10 Å². The number of nitrogens with one attached hydrogen (secondary N) is 1. The van der Waals surface area contributed by atoms with Crippen molar-refractivity contribution in [2.75, 3.05) is 36.4 Å². The van der Waals surface area contributed by atoms with Gasteiger partial charge in [0.15, 0.2) is 11.5 Å². The van der Waals surface area contributed by atoms with E-state index in [1.54, 1.807) is 42.3 Å². The Morgan fingerprint density at radius 1 is 1.10 bits per heavy atom. The minimum Gasteiger partial charge on any atom is -0.459 e. The molecule has 1 fully saturated rings. The monoisotopic (exact) mass is 397 g/mol. The number of aryl methyl sites for hydroxylation is 1. The lowest BCUT2D eigenvalue weighted by molar-refractivity contribution is 0.0739. The molecule has 1 saturated heterocycles. The minimum atomic E-state index is -0.421. The second kappa shape index (κ2) is 7.78. The smallest absolute Gasteiger partial charge is 0.292 e. The van der Waals surface area contributed by atoms with Crippen molar-refractivity contribution < 1.29 is 18.4 Å². The molecular weight excluding hydrogens is 377 g/mol. The van der Waals surface area contributed by atoms with Gasteiger partial charge in [-0.1, -0.05) is 12.1 Å². The summed E-state index contributed by atoms with van der Waals surface area (Å²) in [5.74, 6) is -0.361. The van der Waals surface area contributed by atoms with E-state index < -0.39 is 5.91 Å². The molecule has 4 rings (SSSR count). The topological polar surface area (TPSA) is 83.6 Å². The van der Waals surface area contributed by atoms with Crippen LogP contribution in [0, 0.1) is 5.82 Å². The zero-order valence-corrected chi connectivity index (χ0v) is 15.8. The quantitative estimate of drug-likeness (QED) is 0.731. The normalized spacial score (nSPS) is 14.1. The Morgan fingerprint density at radius 2 is 1.86 bits per heavy atom. The largest absolute Gasteiger partial charge is 0.459 e. The molecule has 1 N–H and O–H groups in total. The number of amides is 2. The molecule has 0 unspecified atom stereocenters. The maximum Gasteiger partial charge on any atom is 0.292 e. The number of carbonyl (C=O) groups is 2. The number of rotatable bonds is 4. The Labute approximate surface area is 166 Å². The van der Waals surface area contributed by atoms with E-state index in [9.17, 15) is 14.0 Å². The first-order chi connectivity index (χ1) is 14.0. The zero-order chi connectivity index (χ0) is 20.4. The van der Waals surface area contributed by atoms with Gasteiger partial charge in [-0.25, -0.2) is 4.39 Å². The van der Waals surface area contributed by atoms with Gasteiger partial charge >= 0.3 is 0 Å². The van der Waals surface area contributed by atoms with Crippen molar-refractivity contribution in [3.63, 3.8) is 0 Å². The van der Waals surface area contributed by atoms with Crippen LogP contribution in [0.25, 0.3) is 0 Å². The molecule has 0 atom stereocenters. The average molecular weight is 397 g/mol. The first kappa shape index (κ1) is 18.7. The van der Waals surface area contributed by atoms with Crippen molar-refractivity contribution in [1.82, 2.24) is 14.7 Å². The fourth-order valence-electron chi connectivity index (χ4n) is 3.30. The Hall–Kier alpha value is -3.62. The summed E-state index contributed by atoms with van der Waals surface area (Å²) in [6, 6.07) is 11.3. The second-order valence-corrected chi connectivity index (χ2v) is 6.70. The molecule has 150 valence electrons. The summed E-state index contributed by atoms with van der Waals surface area (Å²) in [6.45, 7) is 1.97. The van der Waals surface area contributed by atoms with E-state index in [1.165, 1.54) is 23.1 Å². The third-order valence-corrected chi connectivity index (χ3v) is 4.85. The SMILES string of the molecule is Cn1nc(C(=O)N2CCN(c3ccccc3F)CC2)cc1NC(=O)c1ccco1. The van der Waals surface area contributed by atoms with Gasteiger partial charge in [0.2, 0.25) is 0 Å². The summed E-state index contributed by atoms with van der Waals surface area (Å²) < 4.78 is 20.5. The van der Waals surface area contributed by atoms with Gasteiger partial charge in [0.25, 0.3) is 11.8 Å². The first-order valence-electron chi connectivity index (χ1n) is 9.20. The third-order valence-electron chi connectivity index (χ3n) is 4.85. The number of piperazine rings is 1. The molecule has 0 radical (unpaired) electrons. The lowest BCUT2D eigenvalue weighted by Crippen LogP contribution is -2.49. The van der Waals surface area contributed by atoms with E-state index in [2.05, 4.69) is 10.4 Å². The summed E-state index contributed by atoms with van der Waals surface area (Å²) in [4.78, 5) is 28.5. The molecule has 1 aliphatic rings. The van der Waals surface area contributed by atoms with Gasteiger partial charge in [0.1, 0.15) is 11.6 Å². The van der Waals surface area contributed by atoms with Crippen LogP contribution in [0.2, 0.25) is 0 Å². The first-order valence-corrected chi connectivity index (χ1v) is 9.20. The molecule has 3 heterocycles. The molecule has 0 spiro atoms. The zero-order valence-electron chi connectivity index (χ0n) is 15.8. The van der Waals surface area contributed by atoms with E-state index in [1.807, 2.05) is 4.90 Å². The van der Waals surface area contributed by atoms with E-state index in [-0.39, 0.29) is 23.2 Å². The molecule has 8 nitrogen and oxygen atoms in total. The molecule has 2 amide bonds. The van der Waals surface area contributed by atoms with Crippen LogP contribution >= 0.6 is 0 Å². The van der Waals surface area contributed by atoms with Crippen LogP contribution in [-0.4, -0.2) is 52.7 Å². The number of hydrogen-bond acceptors (Lipinski definition) is 5. The second-order valence-electron chi connectivity index (χ2n) is 6.70. The number of carbonyl (C=O) groups excluding carboxylic acids is 2. The summed E-state index contributed by atoms with van der Waals surface area (Å²) in [5, 5.41) is 6.89. The molecule has 3 aromatic rings. The standard InChI is InChI=1S/C20H20FN5O3/c1-24-18(22-19(27)17-7-4-12-29-17)13-15(23-24)20(28)26-10-8-25(9-11-26)16-6-3-2-5-14(16)21/h2-7,12-13H,8-11H2,1H3,(H,22,27). The summed E-state index contributed by atoms with van der Waals surface area (Å²) >= 11 is 0. The Bertz CT molecular complexity index is 1020. The highest BCUT2D eigenvalue weighted by atomic mass is 19.1. The lowest BCUT2D eigenvalue weighted by atomic mass is 10.2.